The molecule has 0 aromatic carbocycles. The summed E-state index contributed by atoms with van der Waals surface area (Å²) in [5.41, 5.74) is 7.31. The molecule has 3 rings (SSSR count). The number of fused-ring (bicyclic) bond motifs is 1. The van der Waals surface area contributed by atoms with Gasteiger partial charge in [-0.2, -0.15) is 0 Å². The summed E-state index contributed by atoms with van der Waals surface area (Å²) in [6.07, 6.45) is 8.46. The fourth-order valence-electron chi connectivity index (χ4n) is 3.58. The summed E-state index contributed by atoms with van der Waals surface area (Å²) in [4.78, 5) is 12.5. The first-order valence-electron chi connectivity index (χ1n) is 7.85. The van der Waals surface area contributed by atoms with E-state index in [9.17, 15) is 4.79 Å². The molecule has 1 saturated carbocycles. The molecule has 2 aliphatic heterocycles. The molecule has 5 nitrogen and oxygen atoms in total. The Morgan fingerprint density at radius 1 is 1.40 bits per heavy atom. The van der Waals surface area contributed by atoms with Crippen LogP contribution in [0.2, 0.25) is 0 Å². The van der Waals surface area contributed by atoms with E-state index in [0.717, 1.165) is 5.70 Å². The van der Waals surface area contributed by atoms with Crippen LogP contribution < -0.4 is 16.2 Å². The Labute approximate surface area is 120 Å². The van der Waals surface area contributed by atoms with Crippen molar-refractivity contribution in [2.75, 3.05) is 13.2 Å². The normalized spacial score (nSPS) is 31.9. The van der Waals surface area contributed by atoms with Crippen molar-refractivity contribution in [1.82, 2.24) is 16.2 Å². The minimum atomic E-state index is -0.215. The van der Waals surface area contributed by atoms with Crippen LogP contribution in [0.15, 0.2) is 11.8 Å². The molecule has 0 bridgehead atoms. The van der Waals surface area contributed by atoms with Gasteiger partial charge in [-0.3, -0.25) is 4.79 Å². The lowest BCUT2D eigenvalue weighted by Crippen LogP contribution is -2.50. The van der Waals surface area contributed by atoms with Gasteiger partial charge in [0.25, 0.3) is 0 Å². The Morgan fingerprint density at radius 2 is 2.20 bits per heavy atom. The molecule has 1 saturated heterocycles. The van der Waals surface area contributed by atoms with Crippen LogP contribution >= 0.6 is 0 Å². The highest BCUT2D eigenvalue weighted by molar-refractivity contribution is 5.83. The number of amides is 1. The third-order valence-electron chi connectivity index (χ3n) is 4.90. The number of nitrogens with one attached hydrogen (secondary N) is 3. The van der Waals surface area contributed by atoms with Gasteiger partial charge in [-0.25, -0.2) is 5.43 Å². The van der Waals surface area contributed by atoms with Gasteiger partial charge >= 0.3 is 0 Å². The van der Waals surface area contributed by atoms with Crippen LogP contribution in [-0.2, 0) is 9.53 Å². The van der Waals surface area contributed by atoms with Crippen LogP contribution in [0.25, 0.3) is 0 Å². The van der Waals surface area contributed by atoms with Gasteiger partial charge in [0.2, 0.25) is 5.91 Å². The van der Waals surface area contributed by atoms with E-state index < -0.39 is 0 Å². The largest absolute Gasteiger partial charge is 0.377 e. The molecule has 2 heterocycles. The zero-order valence-corrected chi connectivity index (χ0v) is 12.2. The van der Waals surface area contributed by atoms with E-state index in [1.807, 2.05) is 6.08 Å². The number of hydrogen-bond donors (Lipinski definition) is 3. The highest BCUT2D eigenvalue weighted by atomic mass is 16.5. The molecular weight excluding hydrogens is 254 g/mol. The number of carbonyl (C=O) groups is 1. The number of hydrazine groups is 1. The summed E-state index contributed by atoms with van der Waals surface area (Å²) in [5, 5.41) is 3.20. The third-order valence-corrected chi connectivity index (χ3v) is 4.90. The number of ether oxygens (including phenoxy) is 1. The van der Waals surface area contributed by atoms with E-state index in [4.69, 9.17) is 4.74 Å². The second-order valence-electron chi connectivity index (χ2n) is 6.25. The molecule has 20 heavy (non-hydrogen) atoms. The second kappa shape index (κ2) is 6.14. The molecule has 112 valence electrons. The molecule has 0 aromatic heterocycles. The highest BCUT2D eigenvalue weighted by Crippen LogP contribution is 2.27. The number of rotatable bonds is 3. The van der Waals surface area contributed by atoms with Crippen LogP contribution in [0.5, 0.6) is 0 Å². The molecule has 1 aliphatic carbocycles. The molecule has 0 aromatic rings. The summed E-state index contributed by atoms with van der Waals surface area (Å²) < 4.78 is 5.45. The highest BCUT2D eigenvalue weighted by Gasteiger charge is 2.38. The SMILES string of the molecule is C[C@H](NC(=O)C1NNC2=CCOCC21)C1CCCCC1. The summed E-state index contributed by atoms with van der Waals surface area (Å²) in [6.45, 7) is 3.39. The lowest BCUT2D eigenvalue weighted by Gasteiger charge is -2.30. The van der Waals surface area contributed by atoms with E-state index in [-0.39, 0.29) is 23.9 Å². The van der Waals surface area contributed by atoms with Gasteiger partial charge in [0.1, 0.15) is 6.04 Å². The van der Waals surface area contributed by atoms with E-state index in [2.05, 4.69) is 23.1 Å². The van der Waals surface area contributed by atoms with Gasteiger partial charge in [-0.15, -0.1) is 0 Å². The van der Waals surface area contributed by atoms with Gasteiger partial charge in [-0.1, -0.05) is 19.3 Å². The Bertz CT molecular complexity index is 391. The lowest BCUT2D eigenvalue weighted by molar-refractivity contribution is -0.125. The van der Waals surface area contributed by atoms with Gasteiger partial charge in [0, 0.05) is 17.7 Å². The monoisotopic (exact) mass is 279 g/mol. The Hall–Kier alpha value is -1.07. The summed E-state index contributed by atoms with van der Waals surface area (Å²) in [6, 6.07) is 0.0507. The minimum absolute atomic E-state index is 0.0921. The third kappa shape index (κ3) is 2.83. The van der Waals surface area contributed by atoms with Crippen molar-refractivity contribution in [2.45, 2.75) is 51.1 Å². The van der Waals surface area contributed by atoms with Crippen molar-refractivity contribution in [1.29, 1.82) is 0 Å². The molecular formula is C15H25N3O2. The Kier molecular flexibility index (Phi) is 4.27. The summed E-state index contributed by atoms with van der Waals surface area (Å²) in [7, 11) is 0. The first-order chi connectivity index (χ1) is 9.75. The number of carbonyl (C=O) groups excluding carboxylic acids is 1. The van der Waals surface area contributed by atoms with Crippen molar-refractivity contribution in [3.63, 3.8) is 0 Å². The predicted octanol–water partition coefficient (Wildman–Crippen LogP) is 1.08. The zero-order chi connectivity index (χ0) is 13.9. The average molecular weight is 279 g/mol. The molecule has 3 atom stereocenters. The minimum Gasteiger partial charge on any atom is -0.377 e. The molecule has 3 N–H and O–H groups in total. The molecule has 5 heteroatoms. The fraction of sp³-hybridized carbons (Fsp3) is 0.800. The maximum atomic E-state index is 12.5. The van der Waals surface area contributed by atoms with Crippen LogP contribution in [0.3, 0.4) is 0 Å². The summed E-state index contributed by atoms with van der Waals surface area (Å²) >= 11 is 0. The quantitative estimate of drug-likeness (QED) is 0.723. The standard InChI is InChI=1S/C15H25N3O2/c1-10(11-5-3-2-4-6-11)16-15(19)14-12-9-20-8-7-13(12)17-18-14/h7,10-12,14,17-18H,2-6,8-9H2,1H3,(H,16,19)/t10-,12?,14?/m0/s1. The lowest BCUT2D eigenvalue weighted by atomic mass is 9.84. The van der Waals surface area contributed by atoms with Crippen molar-refractivity contribution >= 4 is 5.91 Å². The van der Waals surface area contributed by atoms with Crippen molar-refractivity contribution in [3.05, 3.63) is 11.8 Å². The van der Waals surface area contributed by atoms with Crippen molar-refractivity contribution in [2.24, 2.45) is 11.8 Å². The van der Waals surface area contributed by atoms with Crippen LogP contribution in [0, 0.1) is 11.8 Å². The van der Waals surface area contributed by atoms with Gasteiger partial charge in [0.15, 0.2) is 0 Å². The smallest absolute Gasteiger partial charge is 0.239 e. The molecule has 2 fully saturated rings. The molecule has 3 aliphatic rings. The Balaban J connectivity index is 1.56. The van der Waals surface area contributed by atoms with Crippen LogP contribution in [-0.4, -0.2) is 31.2 Å². The number of hydrogen-bond acceptors (Lipinski definition) is 4. The van der Waals surface area contributed by atoms with Crippen LogP contribution in [0.4, 0.5) is 0 Å². The van der Waals surface area contributed by atoms with Crippen LogP contribution in [0.1, 0.15) is 39.0 Å². The van der Waals surface area contributed by atoms with E-state index in [0.29, 0.717) is 19.1 Å². The first kappa shape index (κ1) is 13.9. The van der Waals surface area contributed by atoms with Gasteiger partial charge < -0.3 is 15.5 Å². The van der Waals surface area contributed by atoms with E-state index >= 15 is 0 Å². The second-order valence-corrected chi connectivity index (χ2v) is 6.25. The maximum absolute atomic E-state index is 12.5. The van der Waals surface area contributed by atoms with Crippen molar-refractivity contribution < 1.29 is 9.53 Å². The summed E-state index contributed by atoms with van der Waals surface area (Å²) in [5.74, 6) is 0.858. The van der Waals surface area contributed by atoms with Gasteiger partial charge in [-0.05, 0) is 31.8 Å². The molecule has 0 spiro atoms. The average Bonchev–Trinajstić information content (AvgIpc) is 2.92. The van der Waals surface area contributed by atoms with E-state index in [1.165, 1.54) is 32.1 Å². The first-order valence-corrected chi connectivity index (χ1v) is 7.85. The van der Waals surface area contributed by atoms with Gasteiger partial charge in [0.05, 0.1) is 13.2 Å². The topological polar surface area (TPSA) is 62.4 Å². The molecule has 0 radical (unpaired) electrons. The van der Waals surface area contributed by atoms with Crippen molar-refractivity contribution in [3.8, 4) is 0 Å². The zero-order valence-electron chi connectivity index (χ0n) is 12.2. The fourth-order valence-corrected chi connectivity index (χ4v) is 3.58. The maximum Gasteiger partial charge on any atom is 0.239 e. The molecule has 1 amide bonds. The van der Waals surface area contributed by atoms with E-state index in [1.54, 1.807) is 0 Å². The Morgan fingerprint density at radius 3 is 3.00 bits per heavy atom. The predicted molar refractivity (Wildman–Crippen MR) is 76.6 cm³/mol. The molecule has 2 unspecified atom stereocenters.